The Labute approximate surface area is 157 Å². The van der Waals surface area contributed by atoms with Gasteiger partial charge in [-0.05, 0) is 61.3 Å². The average molecular weight is 376 g/mol. The predicted octanol–water partition coefficient (Wildman–Crippen LogP) is 6.38. The number of rotatable bonds is 4. The molecule has 1 aliphatic carbocycles. The number of esters is 1. The van der Waals surface area contributed by atoms with E-state index in [9.17, 15) is 18.0 Å². The molecule has 1 saturated carbocycles. The van der Waals surface area contributed by atoms with Crippen molar-refractivity contribution in [3.05, 3.63) is 53.3 Å². The summed E-state index contributed by atoms with van der Waals surface area (Å²) in [5.74, 6) is -2.70. The molecule has 0 N–H and O–H groups in total. The quantitative estimate of drug-likeness (QED) is 0.352. The Morgan fingerprint density at radius 2 is 1.67 bits per heavy atom. The van der Waals surface area contributed by atoms with Gasteiger partial charge in [0.2, 0.25) is 0 Å². The molecule has 2 aromatic rings. The van der Waals surface area contributed by atoms with Gasteiger partial charge in [0.05, 0.1) is 0 Å². The van der Waals surface area contributed by atoms with Crippen molar-refractivity contribution in [2.75, 3.05) is 0 Å². The van der Waals surface area contributed by atoms with Crippen molar-refractivity contribution >= 4 is 5.97 Å². The molecule has 3 rings (SSSR count). The van der Waals surface area contributed by atoms with Gasteiger partial charge >= 0.3 is 5.97 Å². The van der Waals surface area contributed by atoms with Gasteiger partial charge in [0, 0.05) is 18.1 Å². The lowest BCUT2D eigenvalue weighted by Gasteiger charge is -2.28. The van der Waals surface area contributed by atoms with Crippen LogP contribution < -0.4 is 4.74 Å². The lowest BCUT2D eigenvalue weighted by Crippen LogP contribution is -2.16. The van der Waals surface area contributed by atoms with Gasteiger partial charge in [-0.15, -0.1) is 0 Å². The Morgan fingerprint density at radius 3 is 2.22 bits per heavy atom. The van der Waals surface area contributed by atoms with E-state index in [2.05, 4.69) is 6.92 Å². The zero-order valence-electron chi connectivity index (χ0n) is 15.5. The van der Waals surface area contributed by atoms with Crippen molar-refractivity contribution in [1.82, 2.24) is 0 Å². The summed E-state index contributed by atoms with van der Waals surface area (Å²) < 4.78 is 49.1. The summed E-state index contributed by atoms with van der Waals surface area (Å²) in [5, 5.41) is 0. The van der Waals surface area contributed by atoms with Crippen molar-refractivity contribution in [1.29, 1.82) is 0 Å². The lowest BCUT2D eigenvalue weighted by atomic mass is 9.77. The molecule has 27 heavy (non-hydrogen) atoms. The third kappa shape index (κ3) is 4.18. The number of halogens is 3. The molecule has 0 aromatic heterocycles. The average Bonchev–Trinajstić information content (AvgIpc) is 2.65. The molecule has 144 valence electrons. The van der Waals surface area contributed by atoms with E-state index in [0.29, 0.717) is 24.3 Å². The fraction of sp³-hybridized carbons (Fsp3) is 0.409. The standard InChI is InChI=1S/C22H23F3O2/c1-3-14-4-6-16(7-5-14)20-19(23)12-18(21(24)22(20)25)15-8-10-17(11-9-15)27-13(2)26/h8-12,14,16H,3-7H2,1-2H3. The van der Waals surface area contributed by atoms with Crippen molar-refractivity contribution in [3.63, 3.8) is 0 Å². The largest absolute Gasteiger partial charge is 0.427 e. The highest BCUT2D eigenvalue weighted by atomic mass is 19.2. The van der Waals surface area contributed by atoms with Crippen LogP contribution in [0.1, 0.15) is 57.4 Å². The normalized spacial score (nSPS) is 19.7. The summed E-state index contributed by atoms with van der Waals surface area (Å²) in [4.78, 5) is 11.0. The maximum absolute atomic E-state index is 14.7. The fourth-order valence-corrected chi connectivity index (χ4v) is 3.92. The molecule has 0 amide bonds. The molecule has 5 heteroatoms. The molecule has 0 unspecified atom stereocenters. The second-order valence-electron chi connectivity index (χ2n) is 7.19. The molecule has 0 spiro atoms. The van der Waals surface area contributed by atoms with Crippen LogP contribution >= 0.6 is 0 Å². The van der Waals surface area contributed by atoms with Crippen LogP contribution in [-0.2, 0) is 4.79 Å². The van der Waals surface area contributed by atoms with E-state index < -0.39 is 23.4 Å². The molecule has 1 aliphatic rings. The van der Waals surface area contributed by atoms with Crippen LogP contribution in [0.15, 0.2) is 30.3 Å². The number of benzene rings is 2. The number of ether oxygens (including phenoxy) is 1. The molecule has 0 saturated heterocycles. The second kappa shape index (κ2) is 8.15. The molecule has 2 nitrogen and oxygen atoms in total. The minimum absolute atomic E-state index is 0.123. The Balaban J connectivity index is 1.90. The van der Waals surface area contributed by atoms with Crippen molar-refractivity contribution in [3.8, 4) is 16.9 Å². The minimum Gasteiger partial charge on any atom is -0.427 e. The fourth-order valence-electron chi connectivity index (χ4n) is 3.92. The highest BCUT2D eigenvalue weighted by Crippen LogP contribution is 2.41. The third-order valence-electron chi connectivity index (χ3n) is 5.45. The Kier molecular flexibility index (Phi) is 5.88. The molecular weight excluding hydrogens is 353 g/mol. The molecule has 2 aromatic carbocycles. The summed E-state index contributed by atoms with van der Waals surface area (Å²) in [7, 11) is 0. The van der Waals surface area contributed by atoms with E-state index in [4.69, 9.17) is 4.74 Å². The summed E-state index contributed by atoms with van der Waals surface area (Å²) in [6.45, 7) is 3.39. The molecule has 0 atom stereocenters. The maximum atomic E-state index is 14.7. The van der Waals surface area contributed by atoms with Gasteiger partial charge in [0.15, 0.2) is 11.6 Å². The summed E-state index contributed by atoms with van der Waals surface area (Å²) >= 11 is 0. The number of hydrogen-bond donors (Lipinski definition) is 0. The molecule has 0 heterocycles. The van der Waals surface area contributed by atoms with Gasteiger partial charge in [-0.25, -0.2) is 13.2 Å². The van der Waals surface area contributed by atoms with E-state index in [0.717, 1.165) is 25.3 Å². The van der Waals surface area contributed by atoms with Crippen LogP contribution in [0.2, 0.25) is 0 Å². The topological polar surface area (TPSA) is 26.3 Å². The first-order chi connectivity index (χ1) is 12.9. The van der Waals surface area contributed by atoms with E-state index in [1.807, 2.05) is 0 Å². The first-order valence-corrected chi connectivity index (χ1v) is 9.37. The van der Waals surface area contributed by atoms with E-state index in [1.165, 1.54) is 31.2 Å². The van der Waals surface area contributed by atoms with E-state index >= 15 is 0 Å². The Hall–Kier alpha value is -2.30. The van der Waals surface area contributed by atoms with Crippen LogP contribution in [-0.4, -0.2) is 5.97 Å². The zero-order chi connectivity index (χ0) is 19.6. The van der Waals surface area contributed by atoms with Gasteiger partial charge in [-0.3, -0.25) is 4.79 Å². The van der Waals surface area contributed by atoms with Crippen molar-refractivity contribution < 1.29 is 22.7 Å². The second-order valence-corrected chi connectivity index (χ2v) is 7.19. The summed E-state index contributed by atoms with van der Waals surface area (Å²) in [6, 6.07) is 6.95. The molecule has 0 radical (unpaired) electrons. The number of hydrogen-bond acceptors (Lipinski definition) is 2. The van der Waals surface area contributed by atoms with Crippen LogP contribution in [0.5, 0.6) is 5.75 Å². The maximum Gasteiger partial charge on any atom is 0.308 e. The monoisotopic (exact) mass is 376 g/mol. The summed E-state index contributed by atoms with van der Waals surface area (Å²) in [6.07, 6.45) is 4.26. The number of carbonyl (C=O) groups excluding carboxylic acids is 1. The lowest BCUT2D eigenvalue weighted by molar-refractivity contribution is -0.131. The molecule has 0 aliphatic heterocycles. The summed E-state index contributed by atoms with van der Waals surface area (Å²) in [5.41, 5.74) is 0.0650. The van der Waals surface area contributed by atoms with Gasteiger partial charge in [-0.1, -0.05) is 25.5 Å². The van der Waals surface area contributed by atoms with Gasteiger partial charge in [0.1, 0.15) is 11.6 Å². The van der Waals surface area contributed by atoms with Crippen molar-refractivity contribution in [2.45, 2.75) is 51.9 Å². The SMILES string of the molecule is CCC1CCC(c2c(F)cc(-c3ccc(OC(C)=O)cc3)c(F)c2F)CC1. The Bertz CT molecular complexity index is 822. The van der Waals surface area contributed by atoms with Crippen LogP contribution in [0.3, 0.4) is 0 Å². The smallest absolute Gasteiger partial charge is 0.308 e. The molecule has 0 bridgehead atoms. The number of carbonyl (C=O) groups is 1. The van der Waals surface area contributed by atoms with Crippen LogP contribution in [0.25, 0.3) is 11.1 Å². The first-order valence-electron chi connectivity index (χ1n) is 9.37. The van der Waals surface area contributed by atoms with Gasteiger partial charge < -0.3 is 4.74 Å². The minimum atomic E-state index is -1.09. The van der Waals surface area contributed by atoms with Gasteiger partial charge in [-0.2, -0.15) is 0 Å². The highest BCUT2D eigenvalue weighted by molar-refractivity contribution is 5.70. The van der Waals surface area contributed by atoms with Crippen LogP contribution in [0, 0.1) is 23.4 Å². The molecular formula is C22H23F3O2. The van der Waals surface area contributed by atoms with Gasteiger partial charge in [0.25, 0.3) is 0 Å². The molecule has 1 fully saturated rings. The van der Waals surface area contributed by atoms with Crippen LogP contribution in [0.4, 0.5) is 13.2 Å². The third-order valence-corrected chi connectivity index (χ3v) is 5.45. The zero-order valence-corrected chi connectivity index (χ0v) is 15.5. The predicted molar refractivity (Wildman–Crippen MR) is 98.1 cm³/mol. The highest BCUT2D eigenvalue weighted by Gasteiger charge is 2.29. The van der Waals surface area contributed by atoms with E-state index in [1.54, 1.807) is 0 Å². The first kappa shape index (κ1) is 19.5. The van der Waals surface area contributed by atoms with E-state index in [-0.39, 0.29) is 22.8 Å². The Morgan fingerprint density at radius 1 is 1.04 bits per heavy atom. The van der Waals surface area contributed by atoms with Crippen molar-refractivity contribution in [2.24, 2.45) is 5.92 Å².